The lowest BCUT2D eigenvalue weighted by atomic mass is 10.2. The van der Waals surface area contributed by atoms with Crippen LogP contribution in [0.4, 0.5) is 10.7 Å². The number of thiophene rings is 1. The Bertz CT molecular complexity index is 1320. The lowest BCUT2D eigenvalue weighted by molar-refractivity contribution is 0.102. The lowest BCUT2D eigenvalue weighted by Crippen LogP contribution is -2.22. The molecule has 0 aliphatic heterocycles. The minimum Gasteiger partial charge on any atom is -0.492 e. The Morgan fingerprint density at radius 2 is 1.71 bits per heavy atom. The average molecular weight is 434 g/mol. The lowest BCUT2D eigenvalue weighted by Gasteiger charge is -2.11. The third-order valence-corrected chi connectivity index (χ3v) is 5.29. The van der Waals surface area contributed by atoms with E-state index in [1.54, 1.807) is 53.9 Å². The van der Waals surface area contributed by atoms with E-state index in [4.69, 9.17) is 9.15 Å². The molecule has 0 aliphatic carbocycles. The number of amides is 2. The van der Waals surface area contributed by atoms with Crippen LogP contribution < -0.4 is 21.0 Å². The van der Waals surface area contributed by atoms with Gasteiger partial charge in [0.15, 0.2) is 0 Å². The smallest absolute Gasteiger partial charge is 0.349 e. The van der Waals surface area contributed by atoms with E-state index in [1.165, 1.54) is 17.4 Å². The zero-order valence-electron chi connectivity index (χ0n) is 16.5. The number of benzene rings is 2. The first-order valence-corrected chi connectivity index (χ1v) is 10.4. The van der Waals surface area contributed by atoms with Gasteiger partial charge in [-0.2, -0.15) is 0 Å². The largest absolute Gasteiger partial charge is 0.492 e. The number of ether oxygens (including phenoxy) is 1. The topological polar surface area (TPSA) is 97.6 Å². The van der Waals surface area contributed by atoms with Crippen molar-refractivity contribution in [1.29, 1.82) is 0 Å². The molecule has 2 amide bonds. The van der Waals surface area contributed by atoms with Gasteiger partial charge in [0.25, 0.3) is 11.8 Å². The first kappa shape index (κ1) is 20.4. The number of para-hydroxylation sites is 3. The van der Waals surface area contributed by atoms with Gasteiger partial charge in [0.1, 0.15) is 21.9 Å². The van der Waals surface area contributed by atoms with Crippen LogP contribution in [0.25, 0.3) is 11.0 Å². The third kappa shape index (κ3) is 4.34. The molecule has 0 radical (unpaired) electrons. The van der Waals surface area contributed by atoms with Gasteiger partial charge in [0, 0.05) is 5.39 Å². The molecule has 0 atom stereocenters. The second-order valence-corrected chi connectivity index (χ2v) is 7.40. The molecule has 4 aromatic rings. The van der Waals surface area contributed by atoms with Gasteiger partial charge < -0.3 is 19.8 Å². The summed E-state index contributed by atoms with van der Waals surface area (Å²) in [6, 6.07) is 17.1. The van der Waals surface area contributed by atoms with Gasteiger partial charge in [-0.05, 0) is 42.6 Å². The Morgan fingerprint density at radius 3 is 2.55 bits per heavy atom. The van der Waals surface area contributed by atoms with Gasteiger partial charge in [-0.1, -0.05) is 30.3 Å². The molecule has 8 heteroatoms. The van der Waals surface area contributed by atoms with Crippen molar-refractivity contribution in [3.05, 3.63) is 87.6 Å². The summed E-state index contributed by atoms with van der Waals surface area (Å²) >= 11 is 1.18. The number of carbonyl (C=O) groups excluding carboxylic acids is 2. The van der Waals surface area contributed by atoms with E-state index >= 15 is 0 Å². The maximum absolute atomic E-state index is 12.8. The Labute approximate surface area is 181 Å². The van der Waals surface area contributed by atoms with E-state index in [0.717, 1.165) is 0 Å². The zero-order chi connectivity index (χ0) is 21.8. The molecule has 0 fully saturated rings. The van der Waals surface area contributed by atoms with Crippen LogP contribution in [0.2, 0.25) is 0 Å². The van der Waals surface area contributed by atoms with E-state index < -0.39 is 17.4 Å². The second-order valence-electron chi connectivity index (χ2n) is 6.49. The van der Waals surface area contributed by atoms with E-state index in [0.29, 0.717) is 34.0 Å². The molecule has 4 rings (SSSR count). The van der Waals surface area contributed by atoms with Gasteiger partial charge in [-0.3, -0.25) is 9.59 Å². The molecule has 0 bridgehead atoms. The van der Waals surface area contributed by atoms with Crippen LogP contribution >= 0.6 is 11.3 Å². The van der Waals surface area contributed by atoms with Crippen molar-refractivity contribution in [3.8, 4) is 5.75 Å². The van der Waals surface area contributed by atoms with Crippen LogP contribution in [0.1, 0.15) is 27.6 Å². The molecule has 2 aromatic heterocycles. The molecule has 2 N–H and O–H groups in total. The highest BCUT2D eigenvalue weighted by molar-refractivity contribution is 7.14. The molecule has 0 unspecified atom stereocenters. The Morgan fingerprint density at radius 1 is 0.968 bits per heavy atom. The standard InChI is InChI=1S/C23H18N2O5S/c1-2-29-19-10-6-4-8-17(19)24-20(26)15-11-12-31-22(15)25-21(27)16-13-14-7-3-5-9-18(14)30-23(16)28/h3-13H,2H2,1H3,(H,24,26)(H,25,27). The molecule has 0 spiro atoms. The van der Waals surface area contributed by atoms with Crippen molar-refractivity contribution in [1.82, 2.24) is 0 Å². The summed E-state index contributed by atoms with van der Waals surface area (Å²) in [5.74, 6) is -0.507. The fraction of sp³-hybridized carbons (Fsp3) is 0.0870. The highest BCUT2D eigenvalue weighted by Crippen LogP contribution is 2.28. The zero-order valence-corrected chi connectivity index (χ0v) is 17.3. The molecule has 31 heavy (non-hydrogen) atoms. The van der Waals surface area contributed by atoms with Crippen molar-refractivity contribution in [3.63, 3.8) is 0 Å². The van der Waals surface area contributed by atoms with Gasteiger partial charge in [-0.15, -0.1) is 11.3 Å². The molecule has 0 saturated carbocycles. The van der Waals surface area contributed by atoms with Gasteiger partial charge in [0.05, 0.1) is 17.9 Å². The second kappa shape index (κ2) is 8.85. The number of carbonyl (C=O) groups is 2. The molecular formula is C23H18N2O5S. The quantitative estimate of drug-likeness (QED) is 0.427. The third-order valence-electron chi connectivity index (χ3n) is 4.46. The van der Waals surface area contributed by atoms with E-state index in [2.05, 4.69) is 10.6 Å². The van der Waals surface area contributed by atoms with E-state index in [-0.39, 0.29) is 11.1 Å². The molecule has 0 aliphatic rings. The number of anilines is 2. The number of nitrogens with one attached hydrogen (secondary N) is 2. The highest BCUT2D eigenvalue weighted by Gasteiger charge is 2.19. The summed E-state index contributed by atoms with van der Waals surface area (Å²) in [5.41, 5.74) is 0.306. The summed E-state index contributed by atoms with van der Waals surface area (Å²) < 4.78 is 10.7. The Kier molecular flexibility index (Phi) is 5.81. The summed E-state index contributed by atoms with van der Waals surface area (Å²) in [7, 11) is 0. The first-order chi connectivity index (χ1) is 15.1. The summed E-state index contributed by atoms with van der Waals surface area (Å²) in [6.07, 6.45) is 0. The van der Waals surface area contributed by atoms with Gasteiger partial charge in [-0.25, -0.2) is 4.79 Å². The minimum absolute atomic E-state index is 0.139. The normalized spacial score (nSPS) is 10.6. The minimum atomic E-state index is -0.746. The number of hydrogen-bond acceptors (Lipinski definition) is 6. The van der Waals surface area contributed by atoms with Gasteiger partial charge in [0.2, 0.25) is 0 Å². The fourth-order valence-corrected chi connectivity index (χ4v) is 3.80. The van der Waals surface area contributed by atoms with Crippen LogP contribution in [0.3, 0.4) is 0 Å². The van der Waals surface area contributed by atoms with Crippen molar-refractivity contribution in [2.75, 3.05) is 17.2 Å². The molecule has 7 nitrogen and oxygen atoms in total. The predicted octanol–water partition coefficient (Wildman–Crippen LogP) is 4.76. The fourth-order valence-electron chi connectivity index (χ4n) is 3.02. The monoisotopic (exact) mass is 434 g/mol. The molecule has 156 valence electrons. The number of fused-ring (bicyclic) bond motifs is 1. The summed E-state index contributed by atoms with van der Waals surface area (Å²) in [4.78, 5) is 37.8. The van der Waals surface area contributed by atoms with E-state index in [9.17, 15) is 14.4 Å². The molecule has 2 heterocycles. The maximum atomic E-state index is 12.8. The van der Waals surface area contributed by atoms with E-state index in [1.807, 2.05) is 13.0 Å². The van der Waals surface area contributed by atoms with Crippen LogP contribution in [0.15, 0.2) is 75.3 Å². The van der Waals surface area contributed by atoms with Crippen molar-refractivity contribution < 1.29 is 18.7 Å². The highest BCUT2D eigenvalue weighted by atomic mass is 32.1. The molecular weight excluding hydrogens is 416 g/mol. The summed E-state index contributed by atoms with van der Waals surface area (Å²) in [6.45, 7) is 2.31. The van der Waals surface area contributed by atoms with Crippen molar-refractivity contribution in [2.24, 2.45) is 0 Å². The molecule has 2 aromatic carbocycles. The number of hydrogen-bond donors (Lipinski definition) is 2. The van der Waals surface area contributed by atoms with Crippen LogP contribution in [-0.4, -0.2) is 18.4 Å². The summed E-state index contributed by atoms with van der Waals surface area (Å²) in [5, 5.41) is 8.08. The first-order valence-electron chi connectivity index (χ1n) is 9.51. The van der Waals surface area contributed by atoms with Crippen LogP contribution in [0.5, 0.6) is 5.75 Å². The SMILES string of the molecule is CCOc1ccccc1NC(=O)c1ccsc1NC(=O)c1cc2ccccc2oc1=O. The number of rotatable bonds is 6. The molecule has 0 saturated heterocycles. The average Bonchev–Trinajstić information content (AvgIpc) is 3.23. The maximum Gasteiger partial charge on any atom is 0.349 e. The predicted molar refractivity (Wildman–Crippen MR) is 120 cm³/mol. The van der Waals surface area contributed by atoms with Crippen molar-refractivity contribution in [2.45, 2.75) is 6.92 Å². The van der Waals surface area contributed by atoms with Gasteiger partial charge >= 0.3 is 5.63 Å². The Hall–Kier alpha value is -3.91. The van der Waals surface area contributed by atoms with Crippen LogP contribution in [-0.2, 0) is 0 Å². The van der Waals surface area contributed by atoms with Crippen molar-refractivity contribution >= 4 is 44.8 Å². The van der Waals surface area contributed by atoms with Crippen LogP contribution in [0, 0.1) is 0 Å². The Balaban J connectivity index is 1.56.